The lowest BCUT2D eigenvalue weighted by atomic mass is 10.2. The van der Waals surface area contributed by atoms with E-state index < -0.39 is 0 Å². The van der Waals surface area contributed by atoms with Gasteiger partial charge in [0.1, 0.15) is 0 Å². The number of aromatic amines is 1. The van der Waals surface area contributed by atoms with Gasteiger partial charge in [-0.3, -0.25) is 14.2 Å². The van der Waals surface area contributed by atoms with Gasteiger partial charge in [0.05, 0.1) is 16.6 Å². The van der Waals surface area contributed by atoms with Crippen LogP contribution in [0.5, 0.6) is 0 Å². The first-order valence-corrected chi connectivity index (χ1v) is 8.65. The van der Waals surface area contributed by atoms with Crippen LogP contribution >= 0.6 is 12.2 Å². The average molecular weight is 368 g/mol. The Labute approximate surface area is 156 Å². The molecule has 2 aromatic carbocycles. The van der Waals surface area contributed by atoms with Gasteiger partial charge in [-0.2, -0.15) is 0 Å². The number of rotatable bonds is 5. The number of hydrogen-bond acceptors (Lipinski definition) is 4. The topological polar surface area (TPSA) is 70.1 Å². The third-order valence-electron chi connectivity index (χ3n) is 4.04. The minimum Gasteiger partial charge on any atom is -0.351 e. The summed E-state index contributed by atoms with van der Waals surface area (Å²) in [5.41, 5.74) is 1.67. The molecule has 0 aliphatic carbocycles. The van der Waals surface area contributed by atoms with E-state index in [0.29, 0.717) is 33.5 Å². The molecule has 1 heterocycles. The van der Waals surface area contributed by atoms with Crippen LogP contribution in [0.2, 0.25) is 0 Å². The minimum absolute atomic E-state index is 0.144. The van der Waals surface area contributed by atoms with Crippen molar-refractivity contribution in [2.75, 3.05) is 27.2 Å². The summed E-state index contributed by atoms with van der Waals surface area (Å²) in [5, 5.41) is 3.42. The second kappa shape index (κ2) is 7.63. The summed E-state index contributed by atoms with van der Waals surface area (Å²) in [6, 6.07) is 14.1. The number of carbonyl (C=O) groups is 1. The second-order valence-electron chi connectivity index (χ2n) is 6.22. The number of nitrogens with zero attached hydrogens (tertiary/aromatic N) is 2. The summed E-state index contributed by atoms with van der Waals surface area (Å²) >= 11 is 5.34. The normalized spacial score (nSPS) is 11.0. The third-order valence-corrected chi connectivity index (χ3v) is 4.32. The number of H-pyrrole nitrogens is 1. The molecule has 0 saturated carbocycles. The lowest BCUT2D eigenvalue weighted by Crippen LogP contribution is -2.31. The van der Waals surface area contributed by atoms with Gasteiger partial charge in [-0.05, 0) is 62.7 Å². The number of benzene rings is 2. The number of carbonyl (C=O) groups excluding carboxylic acids is 1. The largest absolute Gasteiger partial charge is 0.351 e. The number of amides is 1. The van der Waals surface area contributed by atoms with Crippen LogP contribution in [-0.2, 0) is 0 Å². The van der Waals surface area contributed by atoms with Crippen molar-refractivity contribution in [2.45, 2.75) is 0 Å². The van der Waals surface area contributed by atoms with Crippen LogP contribution in [0.3, 0.4) is 0 Å². The Balaban J connectivity index is 1.90. The molecule has 1 amide bonds. The molecule has 0 spiro atoms. The molecule has 134 valence electrons. The third kappa shape index (κ3) is 3.74. The predicted octanol–water partition coefficient (Wildman–Crippen LogP) is 2.34. The maximum atomic E-state index is 12.8. The number of fused-ring (bicyclic) bond motifs is 1. The minimum atomic E-state index is -0.187. The van der Waals surface area contributed by atoms with Gasteiger partial charge in [0.2, 0.25) is 0 Å². The summed E-state index contributed by atoms with van der Waals surface area (Å²) in [6.07, 6.45) is 0. The number of para-hydroxylation sites is 1. The van der Waals surface area contributed by atoms with Gasteiger partial charge < -0.3 is 15.2 Å². The molecule has 0 saturated heterocycles. The van der Waals surface area contributed by atoms with Gasteiger partial charge in [-0.15, -0.1) is 0 Å². The maximum Gasteiger partial charge on any atom is 0.266 e. The zero-order valence-corrected chi connectivity index (χ0v) is 15.5. The highest BCUT2D eigenvalue weighted by atomic mass is 32.1. The van der Waals surface area contributed by atoms with Gasteiger partial charge in [0.15, 0.2) is 4.77 Å². The van der Waals surface area contributed by atoms with E-state index in [-0.39, 0.29) is 11.5 Å². The van der Waals surface area contributed by atoms with Gasteiger partial charge in [0, 0.05) is 18.7 Å². The van der Waals surface area contributed by atoms with Crippen molar-refractivity contribution in [3.63, 3.8) is 0 Å². The molecule has 26 heavy (non-hydrogen) atoms. The van der Waals surface area contributed by atoms with Gasteiger partial charge in [0.25, 0.3) is 11.5 Å². The molecule has 2 N–H and O–H groups in total. The van der Waals surface area contributed by atoms with Crippen molar-refractivity contribution in [1.82, 2.24) is 19.8 Å². The van der Waals surface area contributed by atoms with Crippen LogP contribution in [-0.4, -0.2) is 47.5 Å². The summed E-state index contributed by atoms with van der Waals surface area (Å²) in [5.74, 6) is -0.144. The molecule has 0 atom stereocenters. The van der Waals surface area contributed by atoms with Crippen molar-refractivity contribution in [3.8, 4) is 5.69 Å². The van der Waals surface area contributed by atoms with Crippen LogP contribution in [0.1, 0.15) is 10.4 Å². The van der Waals surface area contributed by atoms with Crippen LogP contribution in [0, 0.1) is 4.77 Å². The molecule has 7 heteroatoms. The smallest absolute Gasteiger partial charge is 0.266 e. The van der Waals surface area contributed by atoms with E-state index >= 15 is 0 Å². The van der Waals surface area contributed by atoms with E-state index in [2.05, 4.69) is 10.3 Å². The van der Waals surface area contributed by atoms with Crippen molar-refractivity contribution < 1.29 is 4.79 Å². The van der Waals surface area contributed by atoms with E-state index in [0.717, 1.165) is 6.54 Å². The number of hydrogen-bond donors (Lipinski definition) is 2. The van der Waals surface area contributed by atoms with Crippen molar-refractivity contribution in [3.05, 3.63) is 69.2 Å². The van der Waals surface area contributed by atoms with Crippen LogP contribution in [0.25, 0.3) is 16.6 Å². The first kappa shape index (κ1) is 18.0. The zero-order chi connectivity index (χ0) is 18.7. The summed E-state index contributed by atoms with van der Waals surface area (Å²) in [4.78, 5) is 30.0. The molecule has 6 nitrogen and oxygen atoms in total. The van der Waals surface area contributed by atoms with Crippen molar-refractivity contribution in [1.29, 1.82) is 0 Å². The van der Waals surface area contributed by atoms with Gasteiger partial charge in [-0.1, -0.05) is 12.1 Å². The number of aromatic nitrogens is 2. The standard InChI is InChI=1S/C19H20N4O2S/c1-22(2)12-11-20-17(24)13-7-9-14(10-8-13)23-18(25)15-5-3-4-6-16(15)21-19(23)26/h3-10H,11-12H2,1-2H3,(H,20,24)(H,21,26). The Morgan fingerprint density at radius 2 is 1.85 bits per heavy atom. The summed E-state index contributed by atoms with van der Waals surface area (Å²) < 4.78 is 1.75. The monoisotopic (exact) mass is 368 g/mol. The Kier molecular flexibility index (Phi) is 5.29. The summed E-state index contributed by atoms with van der Waals surface area (Å²) in [7, 11) is 3.90. The first-order chi connectivity index (χ1) is 12.5. The summed E-state index contributed by atoms with van der Waals surface area (Å²) in [6.45, 7) is 1.34. The second-order valence-corrected chi connectivity index (χ2v) is 6.61. The molecule has 1 aromatic heterocycles. The predicted molar refractivity (Wildman–Crippen MR) is 106 cm³/mol. The Bertz CT molecular complexity index is 1050. The molecule has 0 aliphatic rings. The Morgan fingerprint density at radius 1 is 1.15 bits per heavy atom. The zero-order valence-electron chi connectivity index (χ0n) is 14.7. The number of nitrogens with one attached hydrogen (secondary N) is 2. The molecular formula is C19H20N4O2S. The van der Waals surface area contributed by atoms with Crippen LogP contribution < -0.4 is 10.9 Å². The van der Waals surface area contributed by atoms with Crippen molar-refractivity contribution >= 4 is 29.0 Å². The quantitative estimate of drug-likeness (QED) is 0.678. The lowest BCUT2D eigenvalue weighted by molar-refractivity contribution is 0.0951. The highest BCUT2D eigenvalue weighted by Gasteiger charge is 2.09. The maximum absolute atomic E-state index is 12.8. The molecule has 0 fully saturated rings. The van der Waals surface area contributed by atoms with E-state index in [9.17, 15) is 9.59 Å². The van der Waals surface area contributed by atoms with Gasteiger partial charge in [-0.25, -0.2) is 0 Å². The number of likely N-dealkylation sites (N-methyl/N-ethyl adjacent to an activating group) is 1. The van der Waals surface area contributed by atoms with E-state index in [4.69, 9.17) is 12.2 Å². The fraction of sp³-hybridized carbons (Fsp3) is 0.211. The molecule has 0 bridgehead atoms. The van der Waals surface area contributed by atoms with Gasteiger partial charge >= 0.3 is 0 Å². The highest BCUT2D eigenvalue weighted by Crippen LogP contribution is 2.12. The lowest BCUT2D eigenvalue weighted by Gasteiger charge is -2.11. The van der Waals surface area contributed by atoms with E-state index in [1.165, 1.54) is 4.57 Å². The highest BCUT2D eigenvalue weighted by molar-refractivity contribution is 7.71. The van der Waals surface area contributed by atoms with E-state index in [1.807, 2.05) is 37.2 Å². The molecule has 3 rings (SSSR count). The Hall–Kier alpha value is -2.77. The van der Waals surface area contributed by atoms with E-state index in [1.54, 1.807) is 30.3 Å². The molecule has 0 aliphatic heterocycles. The molecule has 0 radical (unpaired) electrons. The first-order valence-electron chi connectivity index (χ1n) is 8.25. The van der Waals surface area contributed by atoms with Crippen molar-refractivity contribution in [2.24, 2.45) is 0 Å². The molecule has 0 unspecified atom stereocenters. The average Bonchev–Trinajstić information content (AvgIpc) is 2.62. The Morgan fingerprint density at radius 3 is 2.54 bits per heavy atom. The fourth-order valence-corrected chi connectivity index (χ4v) is 2.95. The van der Waals surface area contributed by atoms with Crippen LogP contribution in [0.15, 0.2) is 53.3 Å². The fourth-order valence-electron chi connectivity index (χ4n) is 2.65. The van der Waals surface area contributed by atoms with Crippen LogP contribution in [0.4, 0.5) is 0 Å². The molecule has 3 aromatic rings. The SMILES string of the molecule is CN(C)CCNC(=O)c1ccc(-n2c(=S)[nH]c3ccccc3c2=O)cc1. The molecular weight excluding hydrogens is 348 g/mol.